The van der Waals surface area contributed by atoms with Crippen molar-refractivity contribution < 1.29 is 19.4 Å². The smallest absolute Gasteiger partial charge is 0.339 e. The molecule has 1 saturated heterocycles. The zero-order chi connectivity index (χ0) is 18.5. The summed E-state index contributed by atoms with van der Waals surface area (Å²) >= 11 is 0. The van der Waals surface area contributed by atoms with E-state index in [1.54, 1.807) is 18.2 Å². The van der Waals surface area contributed by atoms with Gasteiger partial charge >= 0.3 is 5.97 Å². The maximum atomic E-state index is 12.4. The molecule has 1 atom stereocenters. The van der Waals surface area contributed by atoms with Crippen molar-refractivity contribution in [3.05, 3.63) is 65.2 Å². The first kappa shape index (κ1) is 17.9. The monoisotopic (exact) mass is 354 g/mol. The average molecular weight is 354 g/mol. The maximum Gasteiger partial charge on any atom is 0.339 e. The topological polar surface area (TPSA) is 78.9 Å². The summed E-state index contributed by atoms with van der Waals surface area (Å²) in [6.45, 7) is 4.14. The number of carbonyl (C=O) groups is 2. The Bertz CT molecular complexity index is 806. The van der Waals surface area contributed by atoms with E-state index in [0.717, 1.165) is 11.1 Å². The van der Waals surface area contributed by atoms with Crippen molar-refractivity contribution in [1.82, 2.24) is 10.2 Å². The highest BCUT2D eigenvalue weighted by atomic mass is 16.5. The third-order valence-corrected chi connectivity index (χ3v) is 4.42. The Kier molecular flexibility index (Phi) is 5.53. The average Bonchev–Trinajstić information content (AvgIpc) is 2.62. The number of para-hydroxylation sites is 1. The molecule has 0 saturated carbocycles. The molecule has 1 fully saturated rings. The van der Waals surface area contributed by atoms with Gasteiger partial charge in [0.25, 0.3) is 0 Å². The molecular formula is C20H22N2O4. The van der Waals surface area contributed by atoms with E-state index in [9.17, 15) is 14.7 Å². The first-order chi connectivity index (χ1) is 12.6. The first-order valence-corrected chi connectivity index (χ1v) is 8.59. The Hall–Kier alpha value is -2.86. The summed E-state index contributed by atoms with van der Waals surface area (Å²) < 4.78 is 5.69. The Labute approximate surface area is 152 Å². The second-order valence-electron chi connectivity index (χ2n) is 6.29. The van der Waals surface area contributed by atoms with Crippen LogP contribution in [0.2, 0.25) is 0 Å². The molecule has 1 heterocycles. The molecule has 2 N–H and O–H groups in total. The molecule has 6 nitrogen and oxygen atoms in total. The third-order valence-electron chi connectivity index (χ3n) is 4.42. The highest BCUT2D eigenvalue weighted by Crippen LogP contribution is 2.24. The number of carbonyl (C=O) groups excluding carboxylic acids is 1. The highest BCUT2D eigenvalue weighted by molar-refractivity contribution is 5.90. The number of amides is 1. The van der Waals surface area contributed by atoms with Crippen LogP contribution < -0.4 is 10.1 Å². The van der Waals surface area contributed by atoms with Gasteiger partial charge in [-0.25, -0.2) is 4.79 Å². The zero-order valence-electron chi connectivity index (χ0n) is 14.6. The number of hydrogen-bond donors (Lipinski definition) is 2. The lowest BCUT2D eigenvalue weighted by Crippen LogP contribution is -2.51. The minimum atomic E-state index is -1.02. The van der Waals surface area contributed by atoms with E-state index in [2.05, 4.69) is 10.2 Å². The Balaban J connectivity index is 1.70. The molecule has 1 unspecified atom stereocenters. The van der Waals surface area contributed by atoms with Gasteiger partial charge in [0.15, 0.2) is 0 Å². The normalized spacial score (nSPS) is 17.6. The summed E-state index contributed by atoms with van der Waals surface area (Å²) in [5.74, 6) is -0.697. The molecule has 3 rings (SSSR count). The number of aryl methyl sites for hydroxylation is 1. The van der Waals surface area contributed by atoms with Crippen LogP contribution in [0.5, 0.6) is 5.75 Å². The van der Waals surface area contributed by atoms with Crippen molar-refractivity contribution in [2.45, 2.75) is 13.0 Å². The van der Waals surface area contributed by atoms with Crippen LogP contribution in [0.25, 0.3) is 0 Å². The Morgan fingerprint density at radius 2 is 2.08 bits per heavy atom. The van der Waals surface area contributed by atoms with E-state index in [1.807, 2.05) is 31.2 Å². The number of piperazine rings is 1. The first-order valence-electron chi connectivity index (χ1n) is 8.59. The van der Waals surface area contributed by atoms with Crippen molar-refractivity contribution in [2.75, 3.05) is 26.2 Å². The number of carboxylic acids is 1. The lowest BCUT2D eigenvalue weighted by molar-refractivity contribution is -0.129. The summed E-state index contributed by atoms with van der Waals surface area (Å²) in [7, 11) is 0. The molecular weight excluding hydrogens is 332 g/mol. The maximum absolute atomic E-state index is 12.4. The minimum absolute atomic E-state index is 0.0206. The van der Waals surface area contributed by atoms with Crippen molar-refractivity contribution in [3.63, 3.8) is 0 Å². The molecule has 1 aliphatic rings. The van der Waals surface area contributed by atoms with Gasteiger partial charge in [-0.05, 0) is 24.6 Å². The van der Waals surface area contributed by atoms with Crippen LogP contribution in [0.1, 0.15) is 27.5 Å². The number of nitrogens with one attached hydrogen (secondary N) is 1. The van der Waals surface area contributed by atoms with E-state index in [0.29, 0.717) is 32.0 Å². The molecule has 0 spiro atoms. The quantitative estimate of drug-likeness (QED) is 0.832. The molecule has 2 aromatic carbocycles. The lowest BCUT2D eigenvalue weighted by Gasteiger charge is -2.35. The van der Waals surface area contributed by atoms with Gasteiger partial charge in [0.1, 0.15) is 24.0 Å². The van der Waals surface area contributed by atoms with Gasteiger partial charge in [-0.15, -0.1) is 0 Å². The number of benzene rings is 2. The number of ether oxygens (including phenoxy) is 1. The zero-order valence-corrected chi connectivity index (χ0v) is 14.6. The fourth-order valence-electron chi connectivity index (χ4n) is 3.20. The predicted molar refractivity (Wildman–Crippen MR) is 97.4 cm³/mol. The van der Waals surface area contributed by atoms with Crippen LogP contribution in [0.15, 0.2) is 48.5 Å². The van der Waals surface area contributed by atoms with E-state index < -0.39 is 5.97 Å². The molecule has 0 aliphatic carbocycles. The van der Waals surface area contributed by atoms with Gasteiger partial charge in [-0.1, -0.05) is 42.0 Å². The summed E-state index contributed by atoms with van der Waals surface area (Å²) in [6, 6.07) is 14.1. The number of nitrogens with zero attached hydrogens (tertiary/aromatic N) is 1. The summed E-state index contributed by atoms with van der Waals surface area (Å²) in [6.07, 6.45) is 0. The third kappa shape index (κ3) is 4.03. The fraction of sp³-hybridized carbons (Fsp3) is 0.300. The summed E-state index contributed by atoms with van der Waals surface area (Å²) in [5, 5.41) is 12.1. The Morgan fingerprint density at radius 3 is 2.85 bits per heavy atom. The second-order valence-corrected chi connectivity index (χ2v) is 6.29. The highest BCUT2D eigenvalue weighted by Gasteiger charge is 2.30. The number of carboxylic acid groups (broad SMARTS) is 1. The van der Waals surface area contributed by atoms with Crippen LogP contribution in [0, 0.1) is 6.92 Å². The van der Waals surface area contributed by atoms with E-state index in [-0.39, 0.29) is 17.5 Å². The van der Waals surface area contributed by atoms with Crippen LogP contribution in [-0.4, -0.2) is 48.1 Å². The fourth-order valence-corrected chi connectivity index (χ4v) is 3.20. The molecule has 1 amide bonds. The van der Waals surface area contributed by atoms with Gasteiger partial charge in [0.2, 0.25) is 5.91 Å². The molecule has 1 aliphatic heterocycles. The Morgan fingerprint density at radius 1 is 1.27 bits per heavy atom. The van der Waals surface area contributed by atoms with Crippen LogP contribution in [-0.2, 0) is 4.79 Å². The number of hydrogen-bond acceptors (Lipinski definition) is 4. The van der Waals surface area contributed by atoms with Gasteiger partial charge in [-0.2, -0.15) is 0 Å². The number of aromatic carboxylic acids is 1. The lowest BCUT2D eigenvalue weighted by atomic mass is 10.0. The second kappa shape index (κ2) is 8.01. The summed E-state index contributed by atoms with van der Waals surface area (Å²) in [5.41, 5.74) is 2.19. The predicted octanol–water partition coefficient (Wildman–Crippen LogP) is 2.25. The molecule has 0 bridgehead atoms. The standard InChI is InChI=1S/C20H22N2O4/c1-14-5-4-6-15(13-14)18-19(23)21-9-10-22(18)11-12-26-17-8-3-2-7-16(17)20(24)25/h2-8,13,18H,9-12H2,1H3,(H,21,23)(H,24,25). The SMILES string of the molecule is Cc1cccc(C2C(=O)NCCN2CCOc2ccccc2C(=O)O)c1. The van der Waals surface area contributed by atoms with Crippen molar-refractivity contribution >= 4 is 11.9 Å². The van der Waals surface area contributed by atoms with Crippen LogP contribution in [0.4, 0.5) is 0 Å². The van der Waals surface area contributed by atoms with Crippen molar-refractivity contribution in [3.8, 4) is 5.75 Å². The minimum Gasteiger partial charge on any atom is -0.491 e. The van der Waals surface area contributed by atoms with Crippen LogP contribution >= 0.6 is 0 Å². The molecule has 6 heteroatoms. The molecule has 26 heavy (non-hydrogen) atoms. The summed E-state index contributed by atoms with van der Waals surface area (Å²) in [4.78, 5) is 25.7. The van der Waals surface area contributed by atoms with Gasteiger partial charge in [0, 0.05) is 19.6 Å². The van der Waals surface area contributed by atoms with Crippen molar-refractivity contribution in [1.29, 1.82) is 0 Å². The van der Waals surface area contributed by atoms with Gasteiger partial charge in [-0.3, -0.25) is 9.69 Å². The number of rotatable bonds is 6. The van der Waals surface area contributed by atoms with E-state index >= 15 is 0 Å². The van der Waals surface area contributed by atoms with Gasteiger partial charge in [0.05, 0.1) is 0 Å². The van der Waals surface area contributed by atoms with Crippen LogP contribution in [0.3, 0.4) is 0 Å². The largest absolute Gasteiger partial charge is 0.491 e. The van der Waals surface area contributed by atoms with Crippen molar-refractivity contribution in [2.24, 2.45) is 0 Å². The molecule has 136 valence electrons. The molecule has 2 aromatic rings. The van der Waals surface area contributed by atoms with E-state index in [1.165, 1.54) is 6.07 Å². The molecule has 0 aromatic heterocycles. The van der Waals surface area contributed by atoms with E-state index in [4.69, 9.17) is 4.74 Å². The molecule has 0 radical (unpaired) electrons. The van der Waals surface area contributed by atoms with Gasteiger partial charge < -0.3 is 15.2 Å².